The quantitative estimate of drug-likeness (QED) is 0.833. The third kappa shape index (κ3) is 4.20. The second-order valence-corrected chi connectivity index (χ2v) is 5.52. The number of hydrogen-bond donors (Lipinski definition) is 2. The minimum absolute atomic E-state index is 0.122. The minimum atomic E-state index is -0.817. The fourth-order valence-corrected chi connectivity index (χ4v) is 2.54. The SMILES string of the molecule is O=C(/C=C/c1cccs1)NCC(O)c1ccccc1Cl. The van der Waals surface area contributed by atoms with Gasteiger partial charge in [-0.15, -0.1) is 11.3 Å². The molecule has 1 heterocycles. The van der Waals surface area contributed by atoms with Crippen molar-refractivity contribution < 1.29 is 9.90 Å². The Morgan fingerprint density at radius 1 is 1.35 bits per heavy atom. The van der Waals surface area contributed by atoms with E-state index in [4.69, 9.17) is 11.6 Å². The van der Waals surface area contributed by atoms with Crippen LogP contribution < -0.4 is 5.32 Å². The van der Waals surface area contributed by atoms with Gasteiger partial charge in [0.1, 0.15) is 0 Å². The van der Waals surface area contributed by atoms with Crippen molar-refractivity contribution in [2.75, 3.05) is 6.54 Å². The Morgan fingerprint density at radius 3 is 2.85 bits per heavy atom. The number of aliphatic hydroxyl groups is 1. The van der Waals surface area contributed by atoms with E-state index in [1.165, 1.54) is 6.08 Å². The summed E-state index contributed by atoms with van der Waals surface area (Å²) in [6.07, 6.45) is 2.37. The van der Waals surface area contributed by atoms with E-state index < -0.39 is 6.10 Å². The lowest BCUT2D eigenvalue weighted by Gasteiger charge is -2.12. The molecule has 1 aromatic heterocycles. The molecule has 2 N–H and O–H groups in total. The molecular formula is C15H14ClNO2S. The minimum Gasteiger partial charge on any atom is -0.387 e. The third-order valence-electron chi connectivity index (χ3n) is 2.68. The van der Waals surface area contributed by atoms with Gasteiger partial charge >= 0.3 is 0 Å². The predicted molar refractivity (Wildman–Crippen MR) is 82.8 cm³/mol. The van der Waals surface area contributed by atoms with Crippen LogP contribution in [0, 0.1) is 0 Å². The van der Waals surface area contributed by atoms with E-state index in [0.717, 1.165) is 4.88 Å². The molecule has 1 unspecified atom stereocenters. The number of hydrogen-bond acceptors (Lipinski definition) is 3. The number of nitrogens with one attached hydrogen (secondary N) is 1. The molecule has 20 heavy (non-hydrogen) atoms. The van der Waals surface area contributed by atoms with Crippen LogP contribution >= 0.6 is 22.9 Å². The van der Waals surface area contributed by atoms with E-state index in [1.807, 2.05) is 17.5 Å². The highest BCUT2D eigenvalue weighted by Crippen LogP contribution is 2.21. The number of aliphatic hydroxyl groups excluding tert-OH is 1. The van der Waals surface area contributed by atoms with Gasteiger partial charge < -0.3 is 10.4 Å². The van der Waals surface area contributed by atoms with E-state index in [9.17, 15) is 9.90 Å². The number of thiophene rings is 1. The second-order valence-electron chi connectivity index (χ2n) is 4.13. The molecule has 5 heteroatoms. The zero-order chi connectivity index (χ0) is 14.4. The first-order valence-corrected chi connectivity index (χ1v) is 7.34. The molecule has 1 aromatic carbocycles. The van der Waals surface area contributed by atoms with Crippen LogP contribution in [-0.4, -0.2) is 17.6 Å². The first-order valence-electron chi connectivity index (χ1n) is 6.08. The molecule has 3 nitrogen and oxygen atoms in total. The number of rotatable bonds is 5. The van der Waals surface area contributed by atoms with E-state index in [2.05, 4.69) is 5.32 Å². The maximum Gasteiger partial charge on any atom is 0.244 e. The Labute approximate surface area is 126 Å². The lowest BCUT2D eigenvalue weighted by Crippen LogP contribution is -2.26. The van der Waals surface area contributed by atoms with Crippen molar-refractivity contribution in [3.63, 3.8) is 0 Å². The summed E-state index contributed by atoms with van der Waals surface area (Å²) in [4.78, 5) is 12.6. The van der Waals surface area contributed by atoms with Crippen LogP contribution in [0.25, 0.3) is 6.08 Å². The summed E-state index contributed by atoms with van der Waals surface area (Å²) in [5, 5.41) is 15.1. The Balaban J connectivity index is 1.86. The zero-order valence-corrected chi connectivity index (χ0v) is 12.2. The Bertz CT molecular complexity index is 596. The van der Waals surface area contributed by atoms with Crippen LogP contribution in [0.4, 0.5) is 0 Å². The van der Waals surface area contributed by atoms with E-state index in [-0.39, 0.29) is 12.5 Å². The molecular weight excluding hydrogens is 294 g/mol. The van der Waals surface area contributed by atoms with Crippen molar-refractivity contribution >= 4 is 34.9 Å². The summed E-state index contributed by atoms with van der Waals surface area (Å²) >= 11 is 7.53. The summed E-state index contributed by atoms with van der Waals surface area (Å²) in [6.45, 7) is 0.122. The molecule has 0 aliphatic heterocycles. The van der Waals surface area contributed by atoms with E-state index in [0.29, 0.717) is 10.6 Å². The molecule has 0 saturated heterocycles. The van der Waals surface area contributed by atoms with Gasteiger partial charge in [0, 0.05) is 28.1 Å². The van der Waals surface area contributed by atoms with Gasteiger partial charge in [0.2, 0.25) is 5.91 Å². The fourth-order valence-electron chi connectivity index (χ4n) is 1.66. The first kappa shape index (κ1) is 14.8. The summed E-state index contributed by atoms with van der Waals surface area (Å²) in [5.74, 6) is -0.246. The molecule has 2 aromatic rings. The Morgan fingerprint density at radius 2 is 2.15 bits per heavy atom. The van der Waals surface area contributed by atoms with Gasteiger partial charge in [-0.2, -0.15) is 0 Å². The number of carbonyl (C=O) groups is 1. The first-order chi connectivity index (χ1) is 9.66. The molecule has 104 valence electrons. The van der Waals surface area contributed by atoms with Crippen molar-refractivity contribution in [2.24, 2.45) is 0 Å². The van der Waals surface area contributed by atoms with Crippen molar-refractivity contribution in [2.45, 2.75) is 6.10 Å². The summed E-state index contributed by atoms with van der Waals surface area (Å²) in [5.41, 5.74) is 0.608. The topological polar surface area (TPSA) is 49.3 Å². The lowest BCUT2D eigenvalue weighted by molar-refractivity contribution is -0.116. The smallest absolute Gasteiger partial charge is 0.244 e. The molecule has 2 rings (SSSR count). The van der Waals surface area contributed by atoms with Gasteiger partial charge in [-0.1, -0.05) is 35.9 Å². The maximum absolute atomic E-state index is 11.6. The van der Waals surface area contributed by atoms with Gasteiger partial charge in [0.05, 0.1) is 6.10 Å². The maximum atomic E-state index is 11.6. The molecule has 0 aliphatic carbocycles. The van der Waals surface area contributed by atoms with Crippen LogP contribution in [0.1, 0.15) is 16.5 Å². The normalized spacial score (nSPS) is 12.5. The summed E-state index contributed by atoms with van der Waals surface area (Å²) in [7, 11) is 0. The Hall–Kier alpha value is -1.62. The number of benzene rings is 1. The van der Waals surface area contributed by atoms with Crippen molar-refractivity contribution in [3.8, 4) is 0 Å². The van der Waals surface area contributed by atoms with Gasteiger partial charge in [-0.05, 0) is 23.6 Å². The molecule has 0 fully saturated rings. The van der Waals surface area contributed by atoms with E-state index >= 15 is 0 Å². The van der Waals surface area contributed by atoms with Gasteiger partial charge in [-0.3, -0.25) is 4.79 Å². The van der Waals surface area contributed by atoms with Crippen LogP contribution in [0.3, 0.4) is 0 Å². The van der Waals surface area contributed by atoms with Gasteiger partial charge in [-0.25, -0.2) is 0 Å². The monoisotopic (exact) mass is 307 g/mol. The highest BCUT2D eigenvalue weighted by Gasteiger charge is 2.11. The molecule has 0 radical (unpaired) electrons. The summed E-state index contributed by atoms with van der Waals surface area (Å²) < 4.78 is 0. The molecule has 0 saturated carbocycles. The highest BCUT2D eigenvalue weighted by molar-refractivity contribution is 7.10. The fraction of sp³-hybridized carbons (Fsp3) is 0.133. The predicted octanol–water partition coefficient (Wildman–Crippen LogP) is 3.26. The highest BCUT2D eigenvalue weighted by atomic mass is 35.5. The number of halogens is 1. The molecule has 0 spiro atoms. The number of carbonyl (C=O) groups excluding carboxylic acids is 1. The van der Waals surface area contributed by atoms with Crippen LogP contribution in [0.5, 0.6) is 0 Å². The standard InChI is InChI=1S/C15H14ClNO2S/c16-13-6-2-1-5-12(13)14(18)10-17-15(19)8-7-11-4-3-9-20-11/h1-9,14,18H,10H2,(H,17,19)/b8-7+. The van der Waals surface area contributed by atoms with E-state index in [1.54, 1.807) is 41.7 Å². The zero-order valence-electron chi connectivity index (χ0n) is 10.6. The van der Waals surface area contributed by atoms with Gasteiger partial charge in [0.15, 0.2) is 0 Å². The third-order valence-corrected chi connectivity index (χ3v) is 3.86. The van der Waals surface area contributed by atoms with Crippen molar-refractivity contribution in [3.05, 3.63) is 63.3 Å². The Kier molecular flexibility index (Phi) is 5.35. The van der Waals surface area contributed by atoms with Crippen LogP contribution in [0.2, 0.25) is 5.02 Å². The molecule has 1 amide bonds. The molecule has 0 bridgehead atoms. The molecule has 1 atom stereocenters. The van der Waals surface area contributed by atoms with Crippen LogP contribution in [0.15, 0.2) is 47.9 Å². The average Bonchev–Trinajstić information content (AvgIpc) is 2.96. The number of amides is 1. The average molecular weight is 308 g/mol. The molecule has 0 aliphatic rings. The largest absolute Gasteiger partial charge is 0.387 e. The van der Waals surface area contributed by atoms with Crippen molar-refractivity contribution in [1.82, 2.24) is 5.32 Å². The van der Waals surface area contributed by atoms with Crippen LogP contribution in [-0.2, 0) is 4.79 Å². The van der Waals surface area contributed by atoms with Crippen molar-refractivity contribution in [1.29, 1.82) is 0 Å². The van der Waals surface area contributed by atoms with Gasteiger partial charge in [0.25, 0.3) is 0 Å². The lowest BCUT2D eigenvalue weighted by atomic mass is 10.1. The summed E-state index contributed by atoms with van der Waals surface area (Å²) in [6, 6.07) is 10.9. The second kappa shape index (κ2) is 7.24.